The van der Waals surface area contributed by atoms with Gasteiger partial charge in [0.25, 0.3) is 5.91 Å². The fourth-order valence-electron chi connectivity index (χ4n) is 2.93. The Kier molecular flexibility index (Phi) is 4.44. The molecule has 0 bridgehead atoms. The van der Waals surface area contributed by atoms with Crippen molar-refractivity contribution in [2.75, 3.05) is 11.6 Å². The second-order valence-electron chi connectivity index (χ2n) is 6.40. The Morgan fingerprint density at radius 3 is 2.32 bits per heavy atom. The summed E-state index contributed by atoms with van der Waals surface area (Å²) in [5.41, 5.74) is 3.50. The van der Waals surface area contributed by atoms with Crippen LogP contribution in [0.3, 0.4) is 0 Å². The van der Waals surface area contributed by atoms with Gasteiger partial charge in [-0.2, -0.15) is 0 Å². The molecule has 4 aromatic rings. The van der Waals surface area contributed by atoms with Crippen LogP contribution in [-0.2, 0) is 9.84 Å². The average molecular weight is 391 g/mol. The second-order valence-corrected chi connectivity index (χ2v) is 8.41. The number of sulfone groups is 1. The van der Waals surface area contributed by atoms with Gasteiger partial charge < -0.3 is 10.3 Å². The van der Waals surface area contributed by atoms with Crippen molar-refractivity contribution in [2.24, 2.45) is 0 Å². The van der Waals surface area contributed by atoms with Crippen molar-refractivity contribution in [2.45, 2.75) is 4.90 Å². The van der Waals surface area contributed by atoms with Crippen LogP contribution in [0.2, 0.25) is 0 Å². The summed E-state index contributed by atoms with van der Waals surface area (Å²) in [6.45, 7) is 0. The van der Waals surface area contributed by atoms with Gasteiger partial charge in [-0.3, -0.25) is 4.79 Å². The summed E-state index contributed by atoms with van der Waals surface area (Å²) in [6.07, 6.45) is 1.13. The first-order valence-electron chi connectivity index (χ1n) is 8.57. The molecule has 6 nitrogen and oxygen atoms in total. The number of aromatic amines is 1. The fourth-order valence-corrected chi connectivity index (χ4v) is 3.56. The van der Waals surface area contributed by atoms with E-state index in [1.807, 2.05) is 42.5 Å². The van der Waals surface area contributed by atoms with E-state index in [9.17, 15) is 13.2 Å². The van der Waals surface area contributed by atoms with Crippen LogP contribution < -0.4 is 5.32 Å². The molecule has 140 valence electrons. The summed E-state index contributed by atoms with van der Waals surface area (Å²) >= 11 is 0. The van der Waals surface area contributed by atoms with Crippen molar-refractivity contribution in [1.82, 2.24) is 9.97 Å². The smallest absolute Gasteiger partial charge is 0.255 e. The summed E-state index contributed by atoms with van der Waals surface area (Å²) in [7, 11) is -3.30. The van der Waals surface area contributed by atoms with Crippen molar-refractivity contribution in [3.63, 3.8) is 0 Å². The first-order chi connectivity index (χ1) is 13.4. The number of para-hydroxylation sites is 3. The minimum absolute atomic E-state index is 0.173. The number of imidazole rings is 1. The summed E-state index contributed by atoms with van der Waals surface area (Å²) in [4.78, 5) is 20.7. The lowest BCUT2D eigenvalue weighted by atomic mass is 10.1. The Morgan fingerprint density at radius 1 is 0.929 bits per heavy atom. The van der Waals surface area contributed by atoms with Crippen molar-refractivity contribution >= 4 is 32.5 Å². The highest BCUT2D eigenvalue weighted by Crippen LogP contribution is 2.28. The van der Waals surface area contributed by atoms with Gasteiger partial charge in [0.2, 0.25) is 0 Å². The van der Waals surface area contributed by atoms with E-state index in [4.69, 9.17) is 0 Å². The zero-order valence-corrected chi connectivity index (χ0v) is 15.8. The van der Waals surface area contributed by atoms with Crippen LogP contribution in [0.4, 0.5) is 5.69 Å². The highest BCUT2D eigenvalue weighted by atomic mass is 32.2. The third kappa shape index (κ3) is 3.52. The van der Waals surface area contributed by atoms with E-state index < -0.39 is 9.84 Å². The summed E-state index contributed by atoms with van der Waals surface area (Å²) in [5, 5.41) is 2.88. The predicted molar refractivity (Wildman–Crippen MR) is 109 cm³/mol. The molecule has 1 aromatic heterocycles. The zero-order valence-electron chi connectivity index (χ0n) is 15.0. The number of aromatic nitrogens is 2. The first kappa shape index (κ1) is 17.9. The van der Waals surface area contributed by atoms with Crippen LogP contribution in [-0.4, -0.2) is 30.5 Å². The largest absolute Gasteiger partial charge is 0.338 e. The molecular weight excluding hydrogens is 374 g/mol. The molecule has 4 rings (SSSR count). The molecule has 1 amide bonds. The van der Waals surface area contributed by atoms with E-state index in [0.29, 0.717) is 17.1 Å². The molecule has 0 aliphatic carbocycles. The third-order valence-corrected chi connectivity index (χ3v) is 5.49. The topological polar surface area (TPSA) is 91.9 Å². The number of carbonyl (C=O) groups is 1. The molecule has 0 radical (unpaired) electrons. The van der Waals surface area contributed by atoms with E-state index in [2.05, 4.69) is 15.3 Å². The van der Waals surface area contributed by atoms with Crippen LogP contribution in [0, 0.1) is 0 Å². The lowest BCUT2D eigenvalue weighted by Gasteiger charge is -2.10. The monoisotopic (exact) mass is 391 g/mol. The Balaban J connectivity index is 1.64. The zero-order chi connectivity index (χ0) is 19.7. The molecule has 0 unspecified atom stereocenters. The number of hydrogen-bond donors (Lipinski definition) is 2. The van der Waals surface area contributed by atoms with Gasteiger partial charge in [-0.25, -0.2) is 13.4 Å². The minimum Gasteiger partial charge on any atom is -0.338 e. The molecule has 28 heavy (non-hydrogen) atoms. The highest BCUT2D eigenvalue weighted by molar-refractivity contribution is 7.90. The number of benzene rings is 3. The van der Waals surface area contributed by atoms with E-state index >= 15 is 0 Å². The number of fused-ring (bicyclic) bond motifs is 1. The number of rotatable bonds is 4. The van der Waals surface area contributed by atoms with Crippen LogP contribution in [0.5, 0.6) is 0 Å². The number of hydrogen-bond acceptors (Lipinski definition) is 4. The van der Waals surface area contributed by atoms with Crippen molar-refractivity contribution in [3.8, 4) is 11.4 Å². The van der Waals surface area contributed by atoms with Gasteiger partial charge in [-0.15, -0.1) is 0 Å². The minimum atomic E-state index is -3.30. The average Bonchev–Trinajstić information content (AvgIpc) is 3.12. The normalized spacial score (nSPS) is 11.5. The molecule has 1 heterocycles. The second kappa shape index (κ2) is 6.94. The number of nitrogens with zero attached hydrogens (tertiary/aromatic N) is 1. The lowest BCUT2D eigenvalue weighted by Crippen LogP contribution is -2.13. The maximum absolute atomic E-state index is 12.6. The van der Waals surface area contributed by atoms with Gasteiger partial charge in [0.15, 0.2) is 9.84 Å². The molecule has 0 aliphatic rings. The van der Waals surface area contributed by atoms with Crippen LogP contribution in [0.15, 0.2) is 77.7 Å². The Bertz CT molecular complexity index is 1240. The number of H-pyrrole nitrogens is 1. The molecule has 0 fully saturated rings. The standard InChI is InChI=1S/C21H17N3O3S/c1-28(26,27)15-12-10-14(11-13-15)21(25)24-17-7-3-2-6-16(17)20-22-18-8-4-5-9-19(18)23-20/h2-13H,1H3,(H,22,23)(H,24,25). The quantitative estimate of drug-likeness (QED) is 0.552. The highest BCUT2D eigenvalue weighted by Gasteiger charge is 2.14. The Labute approximate surface area is 162 Å². The maximum atomic E-state index is 12.6. The summed E-state index contributed by atoms with van der Waals surface area (Å²) in [6, 6.07) is 20.9. The number of amides is 1. The van der Waals surface area contributed by atoms with Crippen molar-refractivity contribution in [1.29, 1.82) is 0 Å². The predicted octanol–water partition coefficient (Wildman–Crippen LogP) is 3.89. The molecule has 0 atom stereocenters. The molecule has 0 aliphatic heterocycles. The van der Waals surface area contributed by atoms with Crippen LogP contribution in [0.1, 0.15) is 10.4 Å². The molecular formula is C21H17N3O3S. The van der Waals surface area contributed by atoms with Gasteiger partial charge in [0, 0.05) is 17.4 Å². The third-order valence-electron chi connectivity index (χ3n) is 4.36. The van der Waals surface area contributed by atoms with Crippen LogP contribution in [0.25, 0.3) is 22.4 Å². The van der Waals surface area contributed by atoms with Crippen molar-refractivity contribution in [3.05, 3.63) is 78.4 Å². The van der Waals surface area contributed by atoms with Gasteiger partial charge >= 0.3 is 0 Å². The van der Waals surface area contributed by atoms with Crippen molar-refractivity contribution < 1.29 is 13.2 Å². The lowest BCUT2D eigenvalue weighted by molar-refractivity contribution is 0.102. The van der Waals surface area contributed by atoms with Gasteiger partial charge in [0.05, 0.1) is 21.6 Å². The van der Waals surface area contributed by atoms with Gasteiger partial charge in [-0.1, -0.05) is 24.3 Å². The number of anilines is 1. The molecule has 3 aromatic carbocycles. The van der Waals surface area contributed by atoms with E-state index in [0.717, 1.165) is 22.9 Å². The molecule has 2 N–H and O–H groups in total. The molecule has 7 heteroatoms. The van der Waals surface area contributed by atoms with Crippen LogP contribution >= 0.6 is 0 Å². The molecule has 0 saturated heterocycles. The summed E-state index contributed by atoms with van der Waals surface area (Å²) < 4.78 is 23.1. The number of nitrogens with one attached hydrogen (secondary N) is 2. The van der Waals surface area contributed by atoms with Gasteiger partial charge in [0.1, 0.15) is 5.82 Å². The SMILES string of the molecule is CS(=O)(=O)c1ccc(C(=O)Nc2ccccc2-c2nc3ccccc3[nH]2)cc1. The summed E-state index contributed by atoms with van der Waals surface area (Å²) in [5.74, 6) is 0.327. The number of carbonyl (C=O) groups excluding carboxylic acids is 1. The Morgan fingerprint density at radius 2 is 1.61 bits per heavy atom. The van der Waals surface area contributed by atoms with Gasteiger partial charge in [-0.05, 0) is 48.5 Å². The van der Waals surface area contributed by atoms with E-state index in [1.54, 1.807) is 6.07 Å². The molecule has 0 spiro atoms. The Hall–Kier alpha value is -3.45. The molecule has 0 saturated carbocycles. The fraction of sp³-hybridized carbons (Fsp3) is 0.0476. The maximum Gasteiger partial charge on any atom is 0.255 e. The van der Waals surface area contributed by atoms with E-state index in [-0.39, 0.29) is 10.8 Å². The van der Waals surface area contributed by atoms with E-state index in [1.165, 1.54) is 24.3 Å². The first-order valence-corrected chi connectivity index (χ1v) is 10.5.